The van der Waals surface area contributed by atoms with E-state index in [0.29, 0.717) is 17.1 Å². The molecule has 1 aliphatic rings. The Labute approximate surface area is 112 Å². The van der Waals surface area contributed by atoms with Crippen LogP contribution in [0.25, 0.3) is 0 Å². The Kier molecular flexibility index (Phi) is 4.09. The van der Waals surface area contributed by atoms with Gasteiger partial charge in [-0.1, -0.05) is 6.07 Å². The topological polar surface area (TPSA) is 89.3 Å². The number of hydrogen-bond acceptors (Lipinski definition) is 2. The fourth-order valence-electron chi connectivity index (χ4n) is 2.16. The zero-order valence-electron chi connectivity index (χ0n) is 10.0. The second kappa shape index (κ2) is 5.77. The number of pyridine rings is 1. The molecule has 1 aliphatic carbocycles. The molecule has 6 heteroatoms. The van der Waals surface area contributed by atoms with Gasteiger partial charge in [-0.2, -0.15) is 4.99 Å². The minimum Gasteiger partial charge on any atom is -0.370 e. The maximum absolute atomic E-state index is 5.25. The van der Waals surface area contributed by atoms with Crippen molar-refractivity contribution in [2.45, 2.75) is 25.3 Å². The number of aromatic nitrogens is 1. The molecule has 1 aromatic heterocycles. The molecule has 0 amide bonds. The highest BCUT2D eigenvalue weighted by atomic mass is 32.1. The second-order valence-corrected chi connectivity index (χ2v) is 4.93. The van der Waals surface area contributed by atoms with Gasteiger partial charge in [0, 0.05) is 17.9 Å². The molecule has 2 rings (SSSR count). The van der Waals surface area contributed by atoms with Gasteiger partial charge in [-0.25, -0.2) is 0 Å². The van der Waals surface area contributed by atoms with E-state index in [2.05, 4.69) is 21.4 Å². The van der Waals surface area contributed by atoms with E-state index in [1.54, 1.807) is 0 Å². The molecule has 0 bridgehead atoms. The quantitative estimate of drug-likeness (QED) is 0.421. The Morgan fingerprint density at radius 1 is 1.44 bits per heavy atom. The summed E-state index contributed by atoms with van der Waals surface area (Å²) in [6.07, 6.45) is 5.01. The summed E-state index contributed by atoms with van der Waals surface area (Å²) < 4.78 is 0. The molecule has 1 aromatic rings. The van der Waals surface area contributed by atoms with Crippen molar-refractivity contribution >= 4 is 23.3 Å². The lowest BCUT2D eigenvalue weighted by Gasteiger charge is -2.35. The Morgan fingerprint density at radius 2 is 2.22 bits per heavy atom. The van der Waals surface area contributed by atoms with Crippen LogP contribution in [0, 0.1) is 5.92 Å². The highest BCUT2D eigenvalue weighted by molar-refractivity contribution is 7.80. The molecule has 0 aromatic carbocycles. The van der Waals surface area contributed by atoms with Gasteiger partial charge in [0.05, 0.1) is 0 Å². The molecule has 0 spiro atoms. The number of thiocarbonyl (C=S) groups is 1. The smallest absolute Gasteiger partial charge is 0.196 e. The predicted octanol–water partition coefficient (Wildman–Crippen LogP) is 0.551. The summed E-state index contributed by atoms with van der Waals surface area (Å²) >= 11 is 5.00. The van der Waals surface area contributed by atoms with Crippen LogP contribution < -0.4 is 16.8 Å². The summed E-state index contributed by atoms with van der Waals surface area (Å²) in [5.41, 5.74) is 11.6. The lowest BCUT2D eigenvalue weighted by molar-refractivity contribution is 0.243. The summed E-state index contributed by atoms with van der Waals surface area (Å²) in [4.78, 5) is 8.11. The molecule has 18 heavy (non-hydrogen) atoms. The predicted molar refractivity (Wildman–Crippen MR) is 76.0 cm³/mol. The second-order valence-electron chi connectivity index (χ2n) is 4.55. The van der Waals surface area contributed by atoms with Gasteiger partial charge in [0.25, 0.3) is 0 Å². The van der Waals surface area contributed by atoms with Crippen molar-refractivity contribution < 1.29 is 0 Å². The van der Waals surface area contributed by atoms with Crippen LogP contribution in [-0.4, -0.2) is 22.1 Å². The van der Waals surface area contributed by atoms with Crippen LogP contribution in [0.3, 0.4) is 0 Å². The lowest BCUT2D eigenvalue weighted by Crippen LogP contribution is -2.44. The van der Waals surface area contributed by atoms with Crippen molar-refractivity contribution in [1.82, 2.24) is 10.3 Å². The highest BCUT2D eigenvalue weighted by Gasteiger charge is 2.29. The zero-order valence-corrected chi connectivity index (χ0v) is 10.9. The van der Waals surface area contributed by atoms with Crippen LogP contribution in [0.1, 0.15) is 18.5 Å². The SMILES string of the molecule is NC(N)=NC(=S)NC1CC(Cc2ccccn2)C1. The average molecular weight is 263 g/mol. The van der Waals surface area contributed by atoms with Crippen molar-refractivity contribution in [3.05, 3.63) is 30.1 Å². The number of nitrogens with one attached hydrogen (secondary N) is 1. The molecule has 0 saturated heterocycles. The van der Waals surface area contributed by atoms with Gasteiger partial charge in [0.1, 0.15) is 0 Å². The first-order chi connectivity index (χ1) is 8.63. The zero-order chi connectivity index (χ0) is 13.0. The maximum atomic E-state index is 5.25. The first-order valence-electron chi connectivity index (χ1n) is 5.93. The molecule has 0 aliphatic heterocycles. The maximum Gasteiger partial charge on any atom is 0.196 e. The van der Waals surface area contributed by atoms with Crippen molar-refractivity contribution in [3.63, 3.8) is 0 Å². The van der Waals surface area contributed by atoms with Crippen molar-refractivity contribution in [1.29, 1.82) is 0 Å². The van der Waals surface area contributed by atoms with Gasteiger partial charge < -0.3 is 16.8 Å². The Balaban J connectivity index is 1.71. The summed E-state index contributed by atoms with van der Waals surface area (Å²) in [6.45, 7) is 0. The Morgan fingerprint density at radius 3 is 2.83 bits per heavy atom. The van der Waals surface area contributed by atoms with Crippen LogP contribution in [0.4, 0.5) is 0 Å². The van der Waals surface area contributed by atoms with Crippen LogP contribution in [0.5, 0.6) is 0 Å². The lowest BCUT2D eigenvalue weighted by atomic mass is 9.77. The molecular formula is C12H17N5S. The molecule has 1 heterocycles. The molecule has 1 fully saturated rings. The van der Waals surface area contributed by atoms with E-state index in [1.807, 2.05) is 18.3 Å². The number of guanidine groups is 1. The van der Waals surface area contributed by atoms with Crippen LogP contribution in [-0.2, 0) is 6.42 Å². The molecule has 0 atom stereocenters. The van der Waals surface area contributed by atoms with Gasteiger partial charge in [0.15, 0.2) is 11.1 Å². The van der Waals surface area contributed by atoms with E-state index >= 15 is 0 Å². The number of nitrogens with two attached hydrogens (primary N) is 2. The van der Waals surface area contributed by atoms with E-state index in [1.165, 1.54) is 0 Å². The first-order valence-corrected chi connectivity index (χ1v) is 6.34. The number of aliphatic imine (C=N–C) groups is 1. The normalized spacial score (nSPS) is 21.8. The standard InChI is InChI=1S/C12H17N5S/c13-11(14)17-12(18)16-10-6-8(7-10)5-9-3-1-2-4-15-9/h1-4,8,10H,5-7H2,(H5,13,14,16,17,18). The molecule has 96 valence electrons. The number of hydrogen-bond donors (Lipinski definition) is 3. The minimum absolute atomic E-state index is 0.00291. The minimum atomic E-state index is -0.00291. The van der Waals surface area contributed by atoms with Gasteiger partial charge >= 0.3 is 0 Å². The van der Waals surface area contributed by atoms with E-state index in [0.717, 1.165) is 25.0 Å². The Hall–Kier alpha value is -1.69. The monoisotopic (exact) mass is 263 g/mol. The van der Waals surface area contributed by atoms with E-state index < -0.39 is 0 Å². The molecule has 5 N–H and O–H groups in total. The van der Waals surface area contributed by atoms with E-state index in [4.69, 9.17) is 23.7 Å². The fourth-order valence-corrected chi connectivity index (χ4v) is 2.43. The van der Waals surface area contributed by atoms with Crippen molar-refractivity contribution in [2.24, 2.45) is 22.4 Å². The van der Waals surface area contributed by atoms with E-state index in [9.17, 15) is 0 Å². The molecule has 5 nitrogen and oxygen atoms in total. The third kappa shape index (κ3) is 3.66. The average Bonchev–Trinajstić information content (AvgIpc) is 2.26. The van der Waals surface area contributed by atoms with Crippen molar-refractivity contribution in [2.75, 3.05) is 0 Å². The van der Waals surface area contributed by atoms with Crippen LogP contribution >= 0.6 is 12.2 Å². The van der Waals surface area contributed by atoms with E-state index in [-0.39, 0.29) is 5.96 Å². The third-order valence-corrected chi connectivity index (χ3v) is 3.23. The van der Waals surface area contributed by atoms with Gasteiger partial charge in [-0.05, 0) is 49.5 Å². The van der Waals surface area contributed by atoms with Crippen LogP contribution in [0.15, 0.2) is 29.4 Å². The number of nitrogens with zero attached hydrogens (tertiary/aromatic N) is 2. The molecule has 0 radical (unpaired) electrons. The Bertz CT molecular complexity index is 435. The van der Waals surface area contributed by atoms with Crippen LogP contribution in [0.2, 0.25) is 0 Å². The largest absolute Gasteiger partial charge is 0.370 e. The van der Waals surface area contributed by atoms with Gasteiger partial charge in [-0.15, -0.1) is 0 Å². The fraction of sp³-hybridized carbons (Fsp3) is 0.417. The molecular weight excluding hydrogens is 246 g/mol. The summed E-state index contributed by atoms with van der Waals surface area (Å²) in [5.74, 6) is 0.663. The van der Waals surface area contributed by atoms with Crippen molar-refractivity contribution in [3.8, 4) is 0 Å². The summed E-state index contributed by atoms with van der Waals surface area (Å²) in [7, 11) is 0. The summed E-state index contributed by atoms with van der Waals surface area (Å²) in [5, 5.41) is 3.50. The van der Waals surface area contributed by atoms with Gasteiger partial charge in [0.2, 0.25) is 0 Å². The highest BCUT2D eigenvalue weighted by Crippen LogP contribution is 2.30. The first kappa shape index (κ1) is 12.8. The number of rotatable bonds is 3. The molecule has 1 saturated carbocycles. The summed E-state index contributed by atoms with van der Waals surface area (Å²) in [6, 6.07) is 6.40. The molecule has 0 unspecified atom stereocenters. The third-order valence-electron chi connectivity index (χ3n) is 3.02. The van der Waals surface area contributed by atoms with Gasteiger partial charge in [-0.3, -0.25) is 4.98 Å².